The molecule has 2 aromatic rings. The molecule has 0 aliphatic heterocycles. The highest BCUT2D eigenvalue weighted by Gasteiger charge is 2.14. The monoisotopic (exact) mass is 320 g/mol. The summed E-state index contributed by atoms with van der Waals surface area (Å²) in [5.41, 5.74) is 0.757. The van der Waals surface area contributed by atoms with Crippen LogP contribution in [0.3, 0.4) is 0 Å². The first-order valence-electron chi connectivity index (χ1n) is 7.08. The zero-order valence-corrected chi connectivity index (χ0v) is 12.9. The van der Waals surface area contributed by atoms with E-state index < -0.39 is 17.7 Å². The fraction of sp³-hybridized carbons (Fsp3) is 0.250. The van der Waals surface area contributed by atoms with Gasteiger partial charge in [0.2, 0.25) is 0 Å². The molecule has 23 heavy (non-hydrogen) atoms. The van der Waals surface area contributed by atoms with Gasteiger partial charge in [0, 0.05) is 44.6 Å². The van der Waals surface area contributed by atoms with Crippen LogP contribution in [0.25, 0.3) is 0 Å². The SMILES string of the molecule is CN(C)c1c(F)cc(NC(=O)NCCc2ccccn2)cc1F. The minimum atomic E-state index is -0.737. The van der Waals surface area contributed by atoms with E-state index in [9.17, 15) is 13.6 Å². The van der Waals surface area contributed by atoms with Gasteiger partial charge in [-0.1, -0.05) is 6.07 Å². The zero-order chi connectivity index (χ0) is 16.8. The zero-order valence-electron chi connectivity index (χ0n) is 12.9. The molecule has 1 aromatic heterocycles. The summed E-state index contributed by atoms with van der Waals surface area (Å²) >= 11 is 0. The molecule has 1 heterocycles. The third kappa shape index (κ3) is 4.64. The molecule has 1 aromatic carbocycles. The van der Waals surface area contributed by atoms with Crippen LogP contribution >= 0.6 is 0 Å². The molecular weight excluding hydrogens is 302 g/mol. The van der Waals surface area contributed by atoms with Crippen LogP contribution in [0.15, 0.2) is 36.5 Å². The van der Waals surface area contributed by atoms with Gasteiger partial charge in [0.15, 0.2) is 11.6 Å². The molecule has 122 valence electrons. The van der Waals surface area contributed by atoms with Crippen molar-refractivity contribution in [3.8, 4) is 0 Å². The van der Waals surface area contributed by atoms with Crippen molar-refractivity contribution in [2.75, 3.05) is 30.9 Å². The summed E-state index contributed by atoms with van der Waals surface area (Å²) in [5.74, 6) is -1.47. The molecule has 5 nitrogen and oxygen atoms in total. The van der Waals surface area contributed by atoms with Gasteiger partial charge in [0.25, 0.3) is 0 Å². The van der Waals surface area contributed by atoms with Crippen molar-refractivity contribution >= 4 is 17.4 Å². The van der Waals surface area contributed by atoms with Crippen LogP contribution in [0.4, 0.5) is 25.0 Å². The van der Waals surface area contributed by atoms with Crippen LogP contribution in [0, 0.1) is 11.6 Å². The van der Waals surface area contributed by atoms with Crippen LogP contribution in [0.5, 0.6) is 0 Å². The Hall–Kier alpha value is -2.70. The predicted molar refractivity (Wildman–Crippen MR) is 85.6 cm³/mol. The molecule has 0 radical (unpaired) electrons. The molecule has 2 N–H and O–H groups in total. The third-order valence-corrected chi connectivity index (χ3v) is 3.11. The summed E-state index contributed by atoms with van der Waals surface area (Å²) in [5, 5.41) is 5.02. The summed E-state index contributed by atoms with van der Waals surface area (Å²) < 4.78 is 27.6. The topological polar surface area (TPSA) is 57.3 Å². The van der Waals surface area contributed by atoms with E-state index in [1.165, 1.54) is 4.90 Å². The lowest BCUT2D eigenvalue weighted by molar-refractivity contribution is 0.252. The van der Waals surface area contributed by atoms with Crippen molar-refractivity contribution in [3.05, 3.63) is 53.9 Å². The predicted octanol–water partition coefficient (Wildman–Crippen LogP) is 2.79. The summed E-state index contributed by atoms with van der Waals surface area (Å²) in [4.78, 5) is 17.2. The molecule has 0 aliphatic rings. The standard InChI is InChI=1S/C16H18F2N4O/c1-22(2)15-13(17)9-12(10-14(15)18)21-16(23)20-8-6-11-5-3-4-7-19-11/h3-5,7,9-10H,6,8H2,1-2H3,(H2,20,21,23). The van der Waals surface area contributed by atoms with Crippen molar-refractivity contribution in [2.24, 2.45) is 0 Å². The maximum atomic E-state index is 13.8. The van der Waals surface area contributed by atoms with Gasteiger partial charge in [-0.15, -0.1) is 0 Å². The molecule has 0 unspecified atom stereocenters. The Balaban J connectivity index is 1.90. The van der Waals surface area contributed by atoms with Crippen molar-refractivity contribution < 1.29 is 13.6 Å². The molecule has 0 spiro atoms. The second-order valence-corrected chi connectivity index (χ2v) is 5.13. The molecule has 0 fully saturated rings. The fourth-order valence-electron chi connectivity index (χ4n) is 2.09. The number of aromatic nitrogens is 1. The van der Waals surface area contributed by atoms with Gasteiger partial charge in [-0.2, -0.15) is 0 Å². The average molecular weight is 320 g/mol. The number of urea groups is 1. The second kappa shape index (κ2) is 7.53. The highest BCUT2D eigenvalue weighted by molar-refractivity contribution is 5.89. The van der Waals surface area contributed by atoms with Crippen LogP contribution in [-0.4, -0.2) is 31.7 Å². The van der Waals surface area contributed by atoms with E-state index in [4.69, 9.17) is 0 Å². The molecule has 0 aliphatic carbocycles. The summed E-state index contributed by atoms with van der Waals surface area (Å²) in [6.45, 7) is 0.365. The van der Waals surface area contributed by atoms with E-state index in [-0.39, 0.29) is 11.4 Å². The van der Waals surface area contributed by atoms with E-state index in [0.29, 0.717) is 13.0 Å². The van der Waals surface area contributed by atoms with Gasteiger partial charge in [-0.05, 0) is 24.3 Å². The number of nitrogens with one attached hydrogen (secondary N) is 2. The summed E-state index contributed by atoms with van der Waals surface area (Å²) in [6.07, 6.45) is 2.24. The largest absolute Gasteiger partial charge is 0.373 e. The van der Waals surface area contributed by atoms with E-state index in [1.54, 1.807) is 20.3 Å². The minimum Gasteiger partial charge on any atom is -0.373 e. The van der Waals surface area contributed by atoms with E-state index in [0.717, 1.165) is 17.8 Å². The maximum absolute atomic E-state index is 13.8. The number of pyridine rings is 1. The third-order valence-electron chi connectivity index (χ3n) is 3.11. The maximum Gasteiger partial charge on any atom is 0.319 e. The van der Waals surface area contributed by atoms with Gasteiger partial charge in [0.05, 0.1) is 0 Å². The van der Waals surface area contributed by atoms with Crippen molar-refractivity contribution in [1.82, 2.24) is 10.3 Å². The first-order chi connectivity index (χ1) is 11.0. The van der Waals surface area contributed by atoms with Gasteiger partial charge >= 0.3 is 6.03 Å². The van der Waals surface area contributed by atoms with Gasteiger partial charge in [-0.3, -0.25) is 4.98 Å². The average Bonchev–Trinajstić information content (AvgIpc) is 2.47. The number of rotatable bonds is 5. The van der Waals surface area contributed by atoms with Gasteiger partial charge in [0.1, 0.15) is 5.69 Å². The number of carbonyl (C=O) groups excluding carboxylic acids is 1. The number of hydrogen-bond acceptors (Lipinski definition) is 3. The quantitative estimate of drug-likeness (QED) is 0.891. The molecule has 2 amide bonds. The molecule has 7 heteroatoms. The van der Waals surface area contributed by atoms with Crippen LogP contribution < -0.4 is 15.5 Å². The minimum absolute atomic E-state index is 0.0564. The summed E-state index contributed by atoms with van der Waals surface area (Å²) in [7, 11) is 3.08. The fourth-order valence-corrected chi connectivity index (χ4v) is 2.09. The smallest absolute Gasteiger partial charge is 0.319 e. The Morgan fingerprint density at radius 2 is 1.91 bits per heavy atom. The lowest BCUT2D eigenvalue weighted by atomic mass is 10.2. The van der Waals surface area contributed by atoms with Crippen molar-refractivity contribution in [1.29, 1.82) is 0 Å². The number of amides is 2. The number of anilines is 2. The number of benzene rings is 1. The number of halogens is 2. The molecule has 0 bridgehead atoms. The Kier molecular flexibility index (Phi) is 5.46. The number of hydrogen-bond donors (Lipinski definition) is 2. The molecule has 2 rings (SSSR count). The Morgan fingerprint density at radius 3 is 2.48 bits per heavy atom. The molecular formula is C16H18F2N4O. The van der Waals surface area contributed by atoms with Crippen molar-refractivity contribution in [2.45, 2.75) is 6.42 Å². The highest BCUT2D eigenvalue weighted by atomic mass is 19.1. The summed E-state index contributed by atoms with van der Waals surface area (Å²) in [6, 6.07) is 7.15. The molecule has 0 saturated carbocycles. The first-order valence-corrected chi connectivity index (χ1v) is 7.08. The lowest BCUT2D eigenvalue weighted by Gasteiger charge is -2.16. The normalized spacial score (nSPS) is 10.3. The number of nitrogens with zero attached hydrogens (tertiary/aromatic N) is 2. The van der Waals surface area contributed by atoms with Crippen molar-refractivity contribution in [3.63, 3.8) is 0 Å². The van der Waals surface area contributed by atoms with Gasteiger partial charge < -0.3 is 15.5 Å². The van der Waals surface area contributed by atoms with E-state index in [2.05, 4.69) is 15.6 Å². The second-order valence-electron chi connectivity index (χ2n) is 5.13. The van der Waals surface area contributed by atoms with E-state index in [1.807, 2.05) is 18.2 Å². The van der Waals surface area contributed by atoms with Crippen LogP contribution in [0.1, 0.15) is 5.69 Å². The number of carbonyl (C=O) groups is 1. The Morgan fingerprint density at radius 1 is 1.22 bits per heavy atom. The molecule has 0 atom stereocenters. The lowest BCUT2D eigenvalue weighted by Crippen LogP contribution is -2.30. The first kappa shape index (κ1) is 16.7. The van der Waals surface area contributed by atoms with Crippen LogP contribution in [0.2, 0.25) is 0 Å². The molecule has 0 saturated heterocycles. The van der Waals surface area contributed by atoms with E-state index >= 15 is 0 Å². The Bertz CT molecular complexity index is 654. The highest BCUT2D eigenvalue weighted by Crippen LogP contribution is 2.25. The van der Waals surface area contributed by atoms with Gasteiger partial charge in [-0.25, -0.2) is 13.6 Å². The Labute approximate surface area is 133 Å². The van der Waals surface area contributed by atoms with Crippen LogP contribution in [-0.2, 0) is 6.42 Å².